The zero-order valence-corrected chi connectivity index (χ0v) is 12.1. The molecule has 0 fully saturated rings. The predicted octanol–water partition coefficient (Wildman–Crippen LogP) is 3.78. The summed E-state index contributed by atoms with van der Waals surface area (Å²) < 4.78 is 0. The zero-order valence-electron chi connectivity index (χ0n) is 10.6. The second kappa shape index (κ2) is 5.00. The molecule has 3 nitrogen and oxygen atoms in total. The Balaban J connectivity index is 1.95. The molecule has 5 heteroatoms. The first-order valence-electron chi connectivity index (χ1n) is 6.21. The molecule has 0 unspecified atom stereocenters. The maximum Gasteiger partial charge on any atom is 0.258 e. The van der Waals surface area contributed by atoms with E-state index in [0.717, 1.165) is 17.7 Å². The number of nitrogen functional groups attached to an aromatic ring is 1. The third kappa shape index (κ3) is 2.23. The molecule has 102 valence electrons. The zero-order chi connectivity index (χ0) is 14.3. The first-order valence-corrected chi connectivity index (χ1v) is 6.97. The minimum atomic E-state index is -0.0768. The number of nitrogens with zero attached hydrogens (tertiary/aromatic N) is 1. The Kier molecular flexibility index (Phi) is 3.32. The molecule has 0 radical (unpaired) electrons. The molecule has 1 heterocycles. The maximum absolute atomic E-state index is 12.6. The largest absolute Gasteiger partial charge is 0.399 e. The highest BCUT2D eigenvalue weighted by atomic mass is 35.5. The van der Waals surface area contributed by atoms with Crippen LogP contribution in [0.25, 0.3) is 0 Å². The van der Waals surface area contributed by atoms with Gasteiger partial charge < -0.3 is 10.6 Å². The van der Waals surface area contributed by atoms with Gasteiger partial charge in [-0.1, -0.05) is 23.2 Å². The van der Waals surface area contributed by atoms with Gasteiger partial charge in [-0.05, 0) is 48.4 Å². The summed E-state index contributed by atoms with van der Waals surface area (Å²) in [6.45, 7) is 0.651. The number of fused-ring (bicyclic) bond motifs is 1. The van der Waals surface area contributed by atoms with Crippen LogP contribution in [0.15, 0.2) is 36.4 Å². The molecule has 1 aliphatic rings. The van der Waals surface area contributed by atoms with E-state index in [4.69, 9.17) is 28.9 Å². The van der Waals surface area contributed by atoms with Crippen LogP contribution < -0.4 is 10.6 Å². The molecule has 1 aliphatic heterocycles. The molecule has 0 bridgehead atoms. The highest BCUT2D eigenvalue weighted by Crippen LogP contribution is 2.31. The molecule has 0 aromatic heterocycles. The molecule has 20 heavy (non-hydrogen) atoms. The van der Waals surface area contributed by atoms with Gasteiger partial charge in [0.1, 0.15) is 0 Å². The van der Waals surface area contributed by atoms with Gasteiger partial charge in [0, 0.05) is 23.5 Å². The van der Waals surface area contributed by atoms with Crippen molar-refractivity contribution in [2.75, 3.05) is 17.2 Å². The highest BCUT2D eigenvalue weighted by Gasteiger charge is 2.25. The van der Waals surface area contributed by atoms with Gasteiger partial charge in [-0.25, -0.2) is 0 Å². The lowest BCUT2D eigenvalue weighted by atomic mass is 10.1. The standard InChI is InChI=1S/C15H12Cl2N2O/c16-12-3-1-10(8-13(12)17)15(20)19-6-5-9-7-11(18)2-4-14(9)19/h1-4,7-8H,5-6,18H2. The molecule has 2 aromatic rings. The lowest BCUT2D eigenvalue weighted by Crippen LogP contribution is -2.28. The monoisotopic (exact) mass is 306 g/mol. The van der Waals surface area contributed by atoms with Crippen LogP contribution in [0.4, 0.5) is 11.4 Å². The fourth-order valence-corrected chi connectivity index (χ4v) is 2.72. The van der Waals surface area contributed by atoms with E-state index in [1.165, 1.54) is 0 Å². The second-order valence-electron chi connectivity index (χ2n) is 4.72. The Morgan fingerprint density at radius 3 is 2.65 bits per heavy atom. The fraction of sp³-hybridized carbons (Fsp3) is 0.133. The summed E-state index contributed by atoms with van der Waals surface area (Å²) in [6.07, 6.45) is 0.813. The number of anilines is 2. The van der Waals surface area contributed by atoms with Crippen molar-refractivity contribution in [2.45, 2.75) is 6.42 Å². The fourth-order valence-electron chi connectivity index (χ4n) is 2.42. The number of carbonyl (C=O) groups is 1. The van der Waals surface area contributed by atoms with Crippen molar-refractivity contribution in [1.82, 2.24) is 0 Å². The topological polar surface area (TPSA) is 46.3 Å². The average Bonchev–Trinajstić information content (AvgIpc) is 2.84. The minimum Gasteiger partial charge on any atom is -0.399 e. The van der Waals surface area contributed by atoms with Crippen LogP contribution in [0.3, 0.4) is 0 Å². The summed E-state index contributed by atoms with van der Waals surface area (Å²) >= 11 is 11.8. The van der Waals surface area contributed by atoms with Crippen LogP contribution in [-0.4, -0.2) is 12.5 Å². The number of carbonyl (C=O) groups excluding carboxylic acids is 1. The molecule has 3 rings (SSSR count). The van der Waals surface area contributed by atoms with Gasteiger partial charge in [0.05, 0.1) is 10.0 Å². The molecular formula is C15H12Cl2N2O. The Morgan fingerprint density at radius 2 is 1.90 bits per heavy atom. The number of hydrogen-bond acceptors (Lipinski definition) is 2. The molecule has 1 amide bonds. The molecule has 2 N–H and O–H groups in total. The van der Waals surface area contributed by atoms with Crippen LogP contribution in [-0.2, 0) is 6.42 Å². The van der Waals surface area contributed by atoms with Gasteiger partial charge in [0.15, 0.2) is 0 Å². The normalized spacial score (nSPS) is 13.4. The Morgan fingerprint density at radius 1 is 1.10 bits per heavy atom. The molecule has 0 atom stereocenters. The van der Waals surface area contributed by atoms with Crippen molar-refractivity contribution in [3.8, 4) is 0 Å². The number of halogens is 2. The number of hydrogen-bond donors (Lipinski definition) is 1. The van der Waals surface area contributed by atoms with E-state index in [0.29, 0.717) is 27.8 Å². The summed E-state index contributed by atoms with van der Waals surface area (Å²) in [7, 11) is 0. The van der Waals surface area contributed by atoms with Crippen molar-refractivity contribution in [2.24, 2.45) is 0 Å². The summed E-state index contributed by atoms with van der Waals surface area (Å²) in [4.78, 5) is 14.3. The van der Waals surface area contributed by atoms with Gasteiger partial charge in [0.2, 0.25) is 0 Å². The molecule has 0 spiro atoms. The van der Waals surface area contributed by atoms with E-state index in [1.54, 1.807) is 29.2 Å². The SMILES string of the molecule is Nc1ccc2c(c1)CCN2C(=O)c1ccc(Cl)c(Cl)c1. The van der Waals surface area contributed by atoms with Crippen molar-refractivity contribution in [3.05, 3.63) is 57.6 Å². The third-order valence-corrected chi connectivity index (χ3v) is 4.15. The van der Waals surface area contributed by atoms with E-state index in [9.17, 15) is 4.79 Å². The molecule has 0 saturated carbocycles. The second-order valence-corrected chi connectivity index (χ2v) is 5.54. The van der Waals surface area contributed by atoms with Crippen LogP contribution in [0.2, 0.25) is 10.0 Å². The summed E-state index contributed by atoms with van der Waals surface area (Å²) in [5.41, 5.74) is 9.02. The first-order chi connectivity index (χ1) is 9.56. The van der Waals surface area contributed by atoms with Crippen molar-refractivity contribution in [3.63, 3.8) is 0 Å². The minimum absolute atomic E-state index is 0.0768. The Hall–Kier alpha value is -1.71. The molecule has 2 aromatic carbocycles. The number of amides is 1. The van der Waals surface area contributed by atoms with Gasteiger partial charge in [-0.15, -0.1) is 0 Å². The van der Waals surface area contributed by atoms with E-state index in [-0.39, 0.29) is 5.91 Å². The predicted molar refractivity (Wildman–Crippen MR) is 82.7 cm³/mol. The van der Waals surface area contributed by atoms with Gasteiger partial charge >= 0.3 is 0 Å². The Labute approximate surface area is 126 Å². The van der Waals surface area contributed by atoms with Crippen LogP contribution in [0.1, 0.15) is 15.9 Å². The summed E-state index contributed by atoms with van der Waals surface area (Å²) in [6, 6.07) is 10.5. The number of benzene rings is 2. The van der Waals surface area contributed by atoms with Gasteiger partial charge in [0.25, 0.3) is 5.91 Å². The Bertz CT molecular complexity index is 700. The smallest absolute Gasteiger partial charge is 0.258 e. The van der Waals surface area contributed by atoms with E-state index < -0.39 is 0 Å². The molecule has 0 aliphatic carbocycles. The number of rotatable bonds is 1. The summed E-state index contributed by atoms with van der Waals surface area (Å²) in [5.74, 6) is -0.0768. The number of nitrogens with two attached hydrogens (primary N) is 1. The van der Waals surface area contributed by atoms with Crippen LogP contribution in [0.5, 0.6) is 0 Å². The maximum atomic E-state index is 12.6. The average molecular weight is 307 g/mol. The molecule has 0 saturated heterocycles. The first kappa shape index (κ1) is 13.3. The summed E-state index contributed by atoms with van der Waals surface area (Å²) in [5, 5.41) is 0.826. The van der Waals surface area contributed by atoms with Crippen LogP contribution in [0, 0.1) is 0 Å². The van der Waals surface area contributed by atoms with Crippen molar-refractivity contribution >= 4 is 40.5 Å². The quantitative estimate of drug-likeness (QED) is 0.815. The van der Waals surface area contributed by atoms with E-state index in [2.05, 4.69) is 0 Å². The van der Waals surface area contributed by atoms with E-state index >= 15 is 0 Å². The van der Waals surface area contributed by atoms with Crippen LogP contribution >= 0.6 is 23.2 Å². The van der Waals surface area contributed by atoms with Gasteiger partial charge in [-0.2, -0.15) is 0 Å². The van der Waals surface area contributed by atoms with Gasteiger partial charge in [-0.3, -0.25) is 4.79 Å². The van der Waals surface area contributed by atoms with Crippen molar-refractivity contribution in [1.29, 1.82) is 0 Å². The molecular weight excluding hydrogens is 295 g/mol. The highest BCUT2D eigenvalue weighted by molar-refractivity contribution is 6.42. The van der Waals surface area contributed by atoms with Crippen molar-refractivity contribution < 1.29 is 4.79 Å². The third-order valence-electron chi connectivity index (χ3n) is 3.41. The lowest BCUT2D eigenvalue weighted by Gasteiger charge is -2.17. The van der Waals surface area contributed by atoms with E-state index in [1.807, 2.05) is 12.1 Å². The lowest BCUT2D eigenvalue weighted by molar-refractivity contribution is 0.0989.